The van der Waals surface area contributed by atoms with Crippen LogP contribution in [0.5, 0.6) is 5.75 Å². The molecule has 1 unspecified atom stereocenters. The SMILES string of the molecule is CC(C)(C)C(=O)OC(/C=N/OCOCC[Si](C)(C)C)CCC(=O)Oc1ccccc1. The fraction of sp³-hybridized carbons (Fsp3) is 0.591. The van der Waals surface area contributed by atoms with Crippen LogP contribution in [-0.2, 0) is 23.9 Å². The highest BCUT2D eigenvalue weighted by Crippen LogP contribution is 2.18. The van der Waals surface area contributed by atoms with Gasteiger partial charge in [-0.3, -0.25) is 9.59 Å². The third-order valence-electron chi connectivity index (χ3n) is 3.91. The Labute approximate surface area is 180 Å². The summed E-state index contributed by atoms with van der Waals surface area (Å²) in [7, 11) is -1.15. The fourth-order valence-electron chi connectivity index (χ4n) is 2.03. The third-order valence-corrected chi connectivity index (χ3v) is 5.62. The minimum absolute atomic E-state index is 0.0248. The Morgan fingerprint density at radius 2 is 1.80 bits per heavy atom. The van der Waals surface area contributed by atoms with Crippen molar-refractivity contribution in [2.24, 2.45) is 10.6 Å². The predicted octanol–water partition coefficient (Wildman–Crippen LogP) is 4.64. The first-order valence-corrected chi connectivity index (χ1v) is 13.9. The van der Waals surface area contributed by atoms with Crippen LogP contribution in [0.1, 0.15) is 33.6 Å². The van der Waals surface area contributed by atoms with Gasteiger partial charge in [-0.25, -0.2) is 0 Å². The van der Waals surface area contributed by atoms with Crippen molar-refractivity contribution in [2.45, 2.75) is 65.4 Å². The normalized spacial score (nSPS) is 13.1. The average molecular weight is 438 g/mol. The lowest BCUT2D eigenvalue weighted by molar-refractivity contribution is -0.156. The smallest absolute Gasteiger partial charge is 0.311 e. The van der Waals surface area contributed by atoms with Crippen molar-refractivity contribution in [3.8, 4) is 5.75 Å². The van der Waals surface area contributed by atoms with Crippen LogP contribution in [0.3, 0.4) is 0 Å². The second-order valence-electron chi connectivity index (χ2n) is 9.24. The molecule has 1 rings (SSSR count). The lowest BCUT2D eigenvalue weighted by Crippen LogP contribution is -2.29. The van der Waals surface area contributed by atoms with E-state index in [-0.39, 0.29) is 25.6 Å². The summed E-state index contributed by atoms with van der Waals surface area (Å²) in [6.07, 6.45) is 0.968. The zero-order chi connectivity index (χ0) is 22.6. The Morgan fingerprint density at radius 3 is 2.40 bits per heavy atom. The van der Waals surface area contributed by atoms with E-state index in [9.17, 15) is 9.59 Å². The first-order chi connectivity index (χ1) is 14.0. The minimum Gasteiger partial charge on any atom is -0.456 e. The standard InChI is InChI=1S/C22H35NO6Si/c1-22(2,3)21(25)29-19(16-23-27-17-26-14-15-30(4,5)6)12-13-20(24)28-18-10-8-7-9-11-18/h7-11,16,19H,12-15,17H2,1-6H3/b23-16+. The van der Waals surface area contributed by atoms with Gasteiger partial charge in [0.05, 0.1) is 11.6 Å². The Hall–Kier alpha value is -2.19. The lowest BCUT2D eigenvalue weighted by atomic mass is 9.97. The number of para-hydroxylation sites is 1. The Kier molecular flexibility index (Phi) is 10.8. The van der Waals surface area contributed by atoms with Gasteiger partial charge in [-0.2, -0.15) is 0 Å². The molecule has 168 valence electrons. The monoisotopic (exact) mass is 437 g/mol. The molecule has 0 heterocycles. The molecule has 1 aromatic rings. The molecule has 0 amide bonds. The molecule has 0 fully saturated rings. The lowest BCUT2D eigenvalue weighted by Gasteiger charge is -2.20. The maximum absolute atomic E-state index is 12.2. The summed E-state index contributed by atoms with van der Waals surface area (Å²) < 4.78 is 16.1. The van der Waals surface area contributed by atoms with Crippen LogP contribution in [0.2, 0.25) is 25.7 Å². The highest BCUT2D eigenvalue weighted by molar-refractivity contribution is 6.76. The molecule has 0 saturated heterocycles. The molecule has 0 aliphatic carbocycles. The van der Waals surface area contributed by atoms with E-state index in [1.54, 1.807) is 45.0 Å². The van der Waals surface area contributed by atoms with E-state index < -0.39 is 25.6 Å². The van der Waals surface area contributed by atoms with Crippen molar-refractivity contribution in [3.63, 3.8) is 0 Å². The van der Waals surface area contributed by atoms with E-state index in [1.165, 1.54) is 6.21 Å². The Morgan fingerprint density at radius 1 is 1.13 bits per heavy atom. The van der Waals surface area contributed by atoms with E-state index in [0.29, 0.717) is 12.4 Å². The Balaban J connectivity index is 2.51. The van der Waals surface area contributed by atoms with Gasteiger partial charge in [-0.05, 0) is 38.9 Å². The number of carbonyl (C=O) groups excluding carboxylic acids is 2. The summed E-state index contributed by atoms with van der Waals surface area (Å²) in [5, 5.41) is 3.83. The number of oxime groups is 1. The zero-order valence-electron chi connectivity index (χ0n) is 19.0. The molecule has 8 heteroatoms. The van der Waals surface area contributed by atoms with Gasteiger partial charge >= 0.3 is 11.9 Å². The van der Waals surface area contributed by atoms with Crippen molar-refractivity contribution in [3.05, 3.63) is 30.3 Å². The van der Waals surface area contributed by atoms with Crippen LogP contribution in [0, 0.1) is 5.41 Å². The maximum atomic E-state index is 12.2. The molecule has 0 N–H and O–H groups in total. The van der Waals surface area contributed by atoms with Crippen molar-refractivity contribution < 1.29 is 28.6 Å². The first kappa shape index (κ1) is 25.8. The van der Waals surface area contributed by atoms with Gasteiger partial charge < -0.3 is 19.0 Å². The molecule has 1 aromatic carbocycles. The first-order valence-electron chi connectivity index (χ1n) is 10.2. The summed E-state index contributed by atoms with van der Waals surface area (Å²) in [4.78, 5) is 29.4. The zero-order valence-corrected chi connectivity index (χ0v) is 20.0. The summed E-state index contributed by atoms with van der Waals surface area (Å²) in [6, 6.07) is 9.84. The predicted molar refractivity (Wildman–Crippen MR) is 119 cm³/mol. The van der Waals surface area contributed by atoms with Crippen molar-refractivity contribution in [2.75, 3.05) is 13.4 Å². The summed E-state index contributed by atoms with van der Waals surface area (Å²) in [5.41, 5.74) is -0.669. The topological polar surface area (TPSA) is 83.4 Å². The van der Waals surface area contributed by atoms with E-state index in [4.69, 9.17) is 19.0 Å². The summed E-state index contributed by atoms with van der Waals surface area (Å²) in [5.74, 6) is -0.332. The molecule has 0 aromatic heterocycles. The number of ether oxygens (including phenoxy) is 3. The van der Waals surface area contributed by atoms with Gasteiger partial charge in [0.2, 0.25) is 6.79 Å². The number of carbonyl (C=O) groups is 2. The van der Waals surface area contributed by atoms with Crippen LogP contribution >= 0.6 is 0 Å². The number of esters is 2. The quantitative estimate of drug-likeness (QED) is 0.0900. The van der Waals surface area contributed by atoms with Gasteiger partial charge in [0.1, 0.15) is 11.9 Å². The number of rotatable bonds is 12. The molecule has 0 aliphatic heterocycles. The molecule has 0 spiro atoms. The van der Waals surface area contributed by atoms with Crippen LogP contribution in [0.15, 0.2) is 35.5 Å². The second-order valence-corrected chi connectivity index (χ2v) is 14.9. The molecule has 0 bridgehead atoms. The molecular formula is C22H35NO6Si. The van der Waals surface area contributed by atoms with Crippen LogP contribution in [0.25, 0.3) is 0 Å². The molecule has 0 saturated carbocycles. The van der Waals surface area contributed by atoms with E-state index in [2.05, 4.69) is 24.8 Å². The molecule has 7 nitrogen and oxygen atoms in total. The van der Waals surface area contributed by atoms with Crippen LogP contribution in [-0.4, -0.2) is 45.7 Å². The summed E-state index contributed by atoms with van der Waals surface area (Å²) >= 11 is 0. The van der Waals surface area contributed by atoms with Crippen molar-refractivity contribution in [1.29, 1.82) is 0 Å². The molecule has 30 heavy (non-hydrogen) atoms. The molecular weight excluding hydrogens is 402 g/mol. The molecule has 0 radical (unpaired) electrons. The highest BCUT2D eigenvalue weighted by atomic mass is 28.3. The van der Waals surface area contributed by atoms with Gasteiger partial charge in [-0.15, -0.1) is 0 Å². The summed E-state index contributed by atoms with van der Waals surface area (Å²) in [6.45, 7) is 12.7. The number of hydrogen-bond donors (Lipinski definition) is 0. The largest absolute Gasteiger partial charge is 0.456 e. The van der Waals surface area contributed by atoms with Crippen molar-refractivity contribution in [1.82, 2.24) is 0 Å². The third kappa shape index (κ3) is 12.4. The minimum atomic E-state index is -1.15. The number of nitrogens with zero attached hydrogens (tertiary/aromatic N) is 1. The molecule has 1 atom stereocenters. The average Bonchev–Trinajstić information content (AvgIpc) is 2.64. The number of hydrogen-bond acceptors (Lipinski definition) is 7. The van der Waals surface area contributed by atoms with E-state index in [0.717, 1.165) is 6.04 Å². The van der Waals surface area contributed by atoms with Gasteiger partial charge in [0, 0.05) is 27.5 Å². The van der Waals surface area contributed by atoms with Gasteiger partial charge in [0.15, 0.2) is 0 Å². The van der Waals surface area contributed by atoms with Crippen LogP contribution < -0.4 is 4.74 Å². The Bertz CT molecular complexity index is 679. The van der Waals surface area contributed by atoms with E-state index >= 15 is 0 Å². The van der Waals surface area contributed by atoms with Gasteiger partial charge in [-0.1, -0.05) is 43.0 Å². The fourth-order valence-corrected chi connectivity index (χ4v) is 2.78. The highest BCUT2D eigenvalue weighted by Gasteiger charge is 2.26. The number of benzene rings is 1. The van der Waals surface area contributed by atoms with Gasteiger partial charge in [0.25, 0.3) is 0 Å². The second kappa shape index (κ2) is 12.5. The van der Waals surface area contributed by atoms with E-state index in [1.807, 2.05) is 6.07 Å². The maximum Gasteiger partial charge on any atom is 0.311 e. The molecule has 0 aliphatic rings. The van der Waals surface area contributed by atoms with Crippen molar-refractivity contribution >= 4 is 26.2 Å². The van der Waals surface area contributed by atoms with Crippen LogP contribution in [0.4, 0.5) is 0 Å².